The lowest BCUT2D eigenvalue weighted by Gasteiger charge is -2.16. The minimum absolute atomic E-state index is 0.163. The second kappa shape index (κ2) is 5.17. The largest absolute Gasteiger partial charge is 0.338 e. The van der Waals surface area contributed by atoms with Crippen molar-refractivity contribution in [1.82, 2.24) is 4.90 Å². The Kier molecular flexibility index (Phi) is 3.62. The van der Waals surface area contributed by atoms with Crippen LogP contribution in [0.25, 0.3) is 0 Å². The SMILES string of the molecule is C=C(C)CC1CCN(Cc2ccccc2)C1=O. The third kappa shape index (κ3) is 2.96. The number of benzene rings is 1. The van der Waals surface area contributed by atoms with Crippen LogP contribution in [0.4, 0.5) is 0 Å². The van der Waals surface area contributed by atoms with E-state index in [0.29, 0.717) is 0 Å². The summed E-state index contributed by atoms with van der Waals surface area (Å²) < 4.78 is 0. The monoisotopic (exact) mass is 229 g/mol. The lowest BCUT2D eigenvalue weighted by atomic mass is 10.00. The van der Waals surface area contributed by atoms with E-state index in [1.807, 2.05) is 30.0 Å². The number of rotatable bonds is 4. The predicted octanol–water partition coefficient (Wildman–Crippen LogP) is 3.00. The van der Waals surface area contributed by atoms with Crippen molar-refractivity contribution in [2.45, 2.75) is 26.3 Å². The number of hydrogen-bond donors (Lipinski definition) is 0. The summed E-state index contributed by atoms with van der Waals surface area (Å²) >= 11 is 0. The van der Waals surface area contributed by atoms with Crippen LogP contribution in [-0.4, -0.2) is 17.4 Å². The highest BCUT2D eigenvalue weighted by Gasteiger charge is 2.30. The van der Waals surface area contributed by atoms with Gasteiger partial charge in [0.25, 0.3) is 0 Å². The Bertz CT molecular complexity index is 410. The van der Waals surface area contributed by atoms with Gasteiger partial charge in [-0.3, -0.25) is 4.79 Å². The van der Waals surface area contributed by atoms with Gasteiger partial charge in [0.15, 0.2) is 0 Å². The standard InChI is InChI=1S/C15H19NO/c1-12(2)10-14-8-9-16(15(14)17)11-13-6-4-3-5-7-13/h3-7,14H,1,8-11H2,2H3. The zero-order chi connectivity index (χ0) is 12.3. The minimum atomic E-state index is 0.163. The molecule has 1 heterocycles. The Labute approximate surface area is 103 Å². The molecule has 0 N–H and O–H groups in total. The summed E-state index contributed by atoms with van der Waals surface area (Å²) in [5, 5.41) is 0. The highest BCUT2D eigenvalue weighted by Crippen LogP contribution is 2.25. The van der Waals surface area contributed by atoms with Gasteiger partial charge in [-0.25, -0.2) is 0 Å². The van der Waals surface area contributed by atoms with E-state index in [1.165, 1.54) is 5.56 Å². The number of nitrogens with zero attached hydrogens (tertiary/aromatic N) is 1. The number of allylic oxidation sites excluding steroid dienone is 1. The van der Waals surface area contributed by atoms with Crippen LogP contribution in [-0.2, 0) is 11.3 Å². The van der Waals surface area contributed by atoms with Crippen molar-refractivity contribution in [2.75, 3.05) is 6.54 Å². The molecule has 1 aromatic rings. The van der Waals surface area contributed by atoms with Crippen molar-refractivity contribution < 1.29 is 4.79 Å². The quantitative estimate of drug-likeness (QED) is 0.727. The van der Waals surface area contributed by atoms with E-state index in [-0.39, 0.29) is 11.8 Å². The van der Waals surface area contributed by atoms with Gasteiger partial charge in [-0.2, -0.15) is 0 Å². The molecule has 1 aromatic carbocycles. The van der Waals surface area contributed by atoms with Crippen molar-refractivity contribution in [3.8, 4) is 0 Å². The van der Waals surface area contributed by atoms with Crippen LogP contribution >= 0.6 is 0 Å². The molecule has 1 aliphatic rings. The van der Waals surface area contributed by atoms with Crippen LogP contribution in [0.15, 0.2) is 42.5 Å². The first-order valence-electron chi connectivity index (χ1n) is 6.14. The average Bonchev–Trinajstić information content (AvgIpc) is 2.62. The second-order valence-corrected chi connectivity index (χ2v) is 4.89. The fourth-order valence-electron chi connectivity index (χ4n) is 2.37. The van der Waals surface area contributed by atoms with Crippen molar-refractivity contribution in [3.05, 3.63) is 48.0 Å². The maximum Gasteiger partial charge on any atom is 0.226 e. The molecule has 0 bridgehead atoms. The van der Waals surface area contributed by atoms with E-state index < -0.39 is 0 Å². The molecule has 1 unspecified atom stereocenters. The summed E-state index contributed by atoms with van der Waals surface area (Å²) in [6.07, 6.45) is 1.81. The van der Waals surface area contributed by atoms with Gasteiger partial charge in [0.2, 0.25) is 5.91 Å². The molecule has 1 fully saturated rings. The van der Waals surface area contributed by atoms with Gasteiger partial charge in [-0.05, 0) is 25.3 Å². The Hall–Kier alpha value is -1.57. The van der Waals surface area contributed by atoms with Crippen molar-refractivity contribution >= 4 is 5.91 Å². The van der Waals surface area contributed by atoms with Crippen LogP contribution in [0.5, 0.6) is 0 Å². The molecule has 1 aliphatic heterocycles. The fraction of sp³-hybridized carbons (Fsp3) is 0.400. The summed E-state index contributed by atoms with van der Waals surface area (Å²) in [6, 6.07) is 10.2. The van der Waals surface area contributed by atoms with Crippen molar-refractivity contribution in [1.29, 1.82) is 0 Å². The molecule has 0 spiro atoms. The van der Waals surface area contributed by atoms with Crippen LogP contribution in [0.1, 0.15) is 25.3 Å². The molecule has 1 saturated heterocycles. The number of carbonyl (C=O) groups excluding carboxylic acids is 1. The third-order valence-corrected chi connectivity index (χ3v) is 3.22. The number of hydrogen-bond acceptors (Lipinski definition) is 1. The first kappa shape index (κ1) is 11.9. The smallest absolute Gasteiger partial charge is 0.226 e. The Morgan fingerprint density at radius 1 is 1.41 bits per heavy atom. The zero-order valence-electron chi connectivity index (χ0n) is 10.4. The molecule has 2 heteroatoms. The Balaban J connectivity index is 1.96. The molecule has 0 aliphatic carbocycles. The topological polar surface area (TPSA) is 20.3 Å². The molecule has 0 radical (unpaired) electrons. The number of amides is 1. The van der Waals surface area contributed by atoms with E-state index in [0.717, 1.165) is 31.5 Å². The molecule has 2 rings (SSSR count). The summed E-state index contributed by atoms with van der Waals surface area (Å²) in [4.78, 5) is 14.1. The van der Waals surface area contributed by atoms with Gasteiger partial charge >= 0.3 is 0 Å². The molecule has 1 amide bonds. The molecule has 0 saturated carbocycles. The summed E-state index contributed by atoms with van der Waals surface area (Å²) in [7, 11) is 0. The molecule has 2 nitrogen and oxygen atoms in total. The first-order chi connectivity index (χ1) is 8.16. The molecule has 0 aromatic heterocycles. The van der Waals surface area contributed by atoms with E-state index in [2.05, 4.69) is 18.7 Å². The van der Waals surface area contributed by atoms with E-state index in [9.17, 15) is 4.79 Å². The summed E-state index contributed by atoms with van der Waals surface area (Å²) in [6.45, 7) is 7.51. The van der Waals surface area contributed by atoms with Crippen LogP contribution in [0.3, 0.4) is 0 Å². The maximum atomic E-state index is 12.1. The van der Waals surface area contributed by atoms with E-state index in [1.54, 1.807) is 0 Å². The van der Waals surface area contributed by atoms with Gasteiger partial charge in [-0.15, -0.1) is 6.58 Å². The van der Waals surface area contributed by atoms with Crippen LogP contribution < -0.4 is 0 Å². The summed E-state index contributed by atoms with van der Waals surface area (Å²) in [5.41, 5.74) is 2.31. The third-order valence-electron chi connectivity index (χ3n) is 3.22. The Morgan fingerprint density at radius 2 is 2.12 bits per heavy atom. The lowest BCUT2D eigenvalue weighted by molar-refractivity contribution is -0.131. The Morgan fingerprint density at radius 3 is 2.76 bits per heavy atom. The molecule has 1 atom stereocenters. The van der Waals surface area contributed by atoms with Gasteiger partial charge in [0, 0.05) is 19.0 Å². The van der Waals surface area contributed by atoms with Crippen LogP contribution in [0.2, 0.25) is 0 Å². The highest BCUT2D eigenvalue weighted by molar-refractivity contribution is 5.81. The highest BCUT2D eigenvalue weighted by atomic mass is 16.2. The van der Waals surface area contributed by atoms with Gasteiger partial charge in [0.05, 0.1) is 0 Å². The molecule has 17 heavy (non-hydrogen) atoms. The second-order valence-electron chi connectivity index (χ2n) is 4.89. The van der Waals surface area contributed by atoms with Crippen molar-refractivity contribution in [3.63, 3.8) is 0 Å². The van der Waals surface area contributed by atoms with E-state index in [4.69, 9.17) is 0 Å². The average molecular weight is 229 g/mol. The van der Waals surface area contributed by atoms with E-state index >= 15 is 0 Å². The summed E-state index contributed by atoms with van der Waals surface area (Å²) in [5.74, 6) is 0.452. The number of likely N-dealkylation sites (tertiary alicyclic amines) is 1. The van der Waals surface area contributed by atoms with Crippen LogP contribution in [0, 0.1) is 5.92 Å². The maximum absolute atomic E-state index is 12.1. The van der Waals surface area contributed by atoms with Gasteiger partial charge in [0.1, 0.15) is 0 Å². The zero-order valence-corrected chi connectivity index (χ0v) is 10.4. The molecular formula is C15H19NO. The lowest BCUT2D eigenvalue weighted by Crippen LogP contribution is -2.26. The normalized spacial score (nSPS) is 19.7. The molecular weight excluding hydrogens is 210 g/mol. The minimum Gasteiger partial charge on any atom is -0.338 e. The fourth-order valence-corrected chi connectivity index (χ4v) is 2.37. The first-order valence-corrected chi connectivity index (χ1v) is 6.14. The number of carbonyl (C=O) groups is 1. The predicted molar refractivity (Wildman–Crippen MR) is 69.4 cm³/mol. The van der Waals surface area contributed by atoms with Gasteiger partial charge in [-0.1, -0.05) is 35.9 Å². The molecule has 90 valence electrons. The van der Waals surface area contributed by atoms with Crippen molar-refractivity contribution in [2.24, 2.45) is 5.92 Å². The van der Waals surface area contributed by atoms with Gasteiger partial charge < -0.3 is 4.90 Å².